The zero-order chi connectivity index (χ0) is 23.6. The van der Waals surface area contributed by atoms with E-state index in [0.717, 1.165) is 28.2 Å². The van der Waals surface area contributed by atoms with Gasteiger partial charge in [-0.25, -0.2) is 9.55 Å². The van der Waals surface area contributed by atoms with Gasteiger partial charge < -0.3 is 0 Å². The van der Waals surface area contributed by atoms with Crippen molar-refractivity contribution in [1.82, 2.24) is 9.55 Å². The molecular weight excluding hydrogens is 461 g/mol. The van der Waals surface area contributed by atoms with Crippen molar-refractivity contribution in [3.8, 4) is 10.6 Å². The van der Waals surface area contributed by atoms with Crippen LogP contribution in [-0.2, 0) is 6.30 Å². The smallest absolute Gasteiger partial charge is 0.288 e. The number of fused-ring (bicyclic) bond motifs is 3. The normalized spacial score (nSPS) is 13.8. The van der Waals surface area contributed by atoms with E-state index in [9.17, 15) is 22.8 Å². The number of hydrogen-bond acceptors (Lipinski definition) is 4. The number of nitrogens with zero attached hydrogens (tertiary/aromatic N) is 2. The van der Waals surface area contributed by atoms with Crippen molar-refractivity contribution in [3.63, 3.8) is 0 Å². The summed E-state index contributed by atoms with van der Waals surface area (Å²) in [5, 5.41) is 2.01. The summed E-state index contributed by atoms with van der Waals surface area (Å²) in [5.41, 5.74) is 0.252. The second kappa shape index (κ2) is 7.23. The van der Waals surface area contributed by atoms with Crippen LogP contribution in [0.15, 0.2) is 78.4 Å². The van der Waals surface area contributed by atoms with Crippen molar-refractivity contribution >= 4 is 50.1 Å². The van der Waals surface area contributed by atoms with Crippen LogP contribution in [0.25, 0.3) is 37.8 Å². The highest BCUT2D eigenvalue weighted by Gasteiger charge is 2.38. The molecule has 6 rings (SSSR count). The molecule has 5 aromatic rings. The zero-order valence-electron chi connectivity index (χ0n) is 17.3. The van der Waals surface area contributed by atoms with Crippen molar-refractivity contribution in [1.29, 1.82) is 0 Å². The van der Waals surface area contributed by atoms with Crippen molar-refractivity contribution in [2.24, 2.45) is 0 Å². The Labute approximate surface area is 194 Å². The maximum atomic E-state index is 14.1. The molecule has 0 fully saturated rings. The van der Waals surface area contributed by atoms with Crippen molar-refractivity contribution in [3.05, 3.63) is 95.2 Å². The molecule has 1 aliphatic rings. The van der Waals surface area contributed by atoms with Crippen molar-refractivity contribution < 1.29 is 22.8 Å². The van der Waals surface area contributed by atoms with Gasteiger partial charge in [0.2, 0.25) is 0 Å². The number of ketones is 2. The van der Waals surface area contributed by atoms with Crippen LogP contribution >= 0.6 is 11.3 Å². The predicted octanol–water partition coefficient (Wildman–Crippen LogP) is 6.86. The molecule has 2 aromatic heterocycles. The van der Waals surface area contributed by atoms with Gasteiger partial charge in [-0.1, -0.05) is 54.6 Å². The maximum Gasteiger partial charge on any atom is 0.490 e. The number of benzene rings is 3. The summed E-state index contributed by atoms with van der Waals surface area (Å²) in [7, 11) is 0. The van der Waals surface area contributed by atoms with Crippen LogP contribution in [-0.4, -0.2) is 21.1 Å². The molecule has 2 heterocycles. The lowest BCUT2D eigenvalue weighted by Crippen LogP contribution is -2.18. The highest BCUT2D eigenvalue weighted by atomic mass is 32.1. The van der Waals surface area contributed by atoms with Gasteiger partial charge in [-0.3, -0.25) is 9.59 Å². The Morgan fingerprint density at radius 3 is 2.00 bits per heavy atom. The number of hydrogen-bond donors (Lipinski definition) is 0. The maximum absolute atomic E-state index is 14.1. The first-order valence-corrected chi connectivity index (χ1v) is 11.1. The molecule has 0 radical (unpaired) electrons. The van der Waals surface area contributed by atoms with Gasteiger partial charge in [0.1, 0.15) is 5.01 Å². The summed E-state index contributed by atoms with van der Waals surface area (Å²) in [4.78, 5) is 30.3. The van der Waals surface area contributed by atoms with Crippen LogP contribution < -0.4 is 0 Å². The summed E-state index contributed by atoms with van der Waals surface area (Å²) in [6, 6.07) is 20.7. The van der Waals surface area contributed by atoms with E-state index >= 15 is 0 Å². The quantitative estimate of drug-likeness (QED) is 0.208. The minimum Gasteiger partial charge on any atom is -0.288 e. The lowest BCUT2D eigenvalue weighted by molar-refractivity contribution is -0.201. The van der Waals surface area contributed by atoms with Gasteiger partial charge in [-0.2, -0.15) is 0 Å². The number of carbonyl (C=O) groups excluding carboxylic acids is 2. The Hall–Kier alpha value is -4.04. The summed E-state index contributed by atoms with van der Waals surface area (Å²) in [6.45, 7) is 0. The third-order valence-corrected chi connectivity index (χ3v) is 6.85. The predicted molar refractivity (Wildman–Crippen MR) is 125 cm³/mol. The van der Waals surface area contributed by atoms with Gasteiger partial charge in [0.05, 0.1) is 16.0 Å². The van der Waals surface area contributed by atoms with Gasteiger partial charge in [-0.05, 0) is 35.0 Å². The number of aromatic nitrogens is 2. The van der Waals surface area contributed by atoms with Crippen LogP contribution in [0.3, 0.4) is 0 Å². The van der Waals surface area contributed by atoms with Crippen LogP contribution in [0.2, 0.25) is 0 Å². The number of Topliss-reactive ketones (excluding diaryl/α,β-unsaturated/α-hetero) is 2. The molecule has 0 amide bonds. The van der Waals surface area contributed by atoms with Crippen LogP contribution in [0, 0.1) is 0 Å². The molecule has 0 aliphatic heterocycles. The van der Waals surface area contributed by atoms with Gasteiger partial charge in [0, 0.05) is 16.7 Å². The Balaban J connectivity index is 1.50. The summed E-state index contributed by atoms with van der Waals surface area (Å²) in [6.07, 6.45) is -3.76. The Morgan fingerprint density at radius 2 is 1.41 bits per heavy atom. The highest BCUT2D eigenvalue weighted by Crippen LogP contribution is 2.39. The first-order valence-electron chi connectivity index (χ1n) is 10.3. The number of carbonyl (C=O) groups is 2. The van der Waals surface area contributed by atoms with E-state index in [0.29, 0.717) is 15.3 Å². The fourth-order valence-electron chi connectivity index (χ4n) is 4.26. The summed E-state index contributed by atoms with van der Waals surface area (Å²) in [5.74, 6) is -1.16. The Kier molecular flexibility index (Phi) is 4.37. The lowest BCUT2D eigenvalue weighted by Gasteiger charge is -2.11. The molecule has 0 saturated heterocycles. The third-order valence-electron chi connectivity index (χ3n) is 5.81. The standard InChI is InChI=1S/C26H13F3N2O2S/c27-26(28,29)31-17(13-21-24(31)30-25(34-21)14-6-2-1-3-7-14)12-20-22(32)18-10-15-8-4-5-9-16(15)11-19(18)23(20)33/h1-13H. The number of alkyl halides is 3. The Morgan fingerprint density at radius 1 is 0.824 bits per heavy atom. The highest BCUT2D eigenvalue weighted by molar-refractivity contribution is 7.21. The molecule has 0 saturated carbocycles. The summed E-state index contributed by atoms with van der Waals surface area (Å²) < 4.78 is 42.6. The number of halogens is 3. The second-order valence-electron chi connectivity index (χ2n) is 7.91. The van der Waals surface area contributed by atoms with Gasteiger partial charge in [0.25, 0.3) is 0 Å². The molecule has 3 aromatic carbocycles. The largest absolute Gasteiger partial charge is 0.490 e. The molecule has 4 nitrogen and oxygen atoms in total. The SMILES string of the molecule is O=C1C(=Cc2cc3sc(-c4ccccc4)nc3n2C(F)(F)F)C(=O)c2cc3ccccc3cc21. The topological polar surface area (TPSA) is 52.0 Å². The fourth-order valence-corrected chi connectivity index (χ4v) is 5.27. The van der Waals surface area contributed by atoms with E-state index < -0.39 is 17.9 Å². The molecule has 0 atom stereocenters. The minimum absolute atomic E-state index is 0.123. The van der Waals surface area contributed by atoms with Crippen LogP contribution in [0.1, 0.15) is 26.4 Å². The molecule has 0 unspecified atom stereocenters. The van der Waals surface area contributed by atoms with E-state index in [2.05, 4.69) is 4.98 Å². The average Bonchev–Trinajstić information content (AvgIpc) is 3.44. The first-order chi connectivity index (χ1) is 16.3. The molecule has 8 heteroatoms. The van der Waals surface area contributed by atoms with Gasteiger partial charge >= 0.3 is 6.30 Å². The van der Waals surface area contributed by atoms with Crippen LogP contribution in [0.4, 0.5) is 13.2 Å². The van der Waals surface area contributed by atoms with E-state index in [1.807, 2.05) is 30.3 Å². The number of rotatable bonds is 2. The molecule has 1 aliphatic carbocycles. The fraction of sp³-hybridized carbons (Fsp3) is 0.0385. The molecule has 34 heavy (non-hydrogen) atoms. The van der Waals surface area contributed by atoms with E-state index in [1.165, 1.54) is 6.07 Å². The Bertz CT molecular complexity index is 1620. The molecule has 0 spiro atoms. The molecule has 0 N–H and O–H groups in total. The van der Waals surface area contributed by atoms with E-state index in [4.69, 9.17) is 0 Å². The number of allylic oxidation sites excluding steroid dienone is 1. The third kappa shape index (κ3) is 3.10. The average molecular weight is 474 g/mol. The minimum atomic E-state index is -4.79. The monoisotopic (exact) mass is 474 g/mol. The van der Waals surface area contributed by atoms with E-state index in [1.54, 1.807) is 36.4 Å². The second-order valence-corrected chi connectivity index (χ2v) is 8.94. The molecule has 166 valence electrons. The first kappa shape index (κ1) is 20.6. The zero-order valence-corrected chi connectivity index (χ0v) is 18.1. The van der Waals surface area contributed by atoms with Crippen molar-refractivity contribution in [2.75, 3.05) is 0 Å². The summed E-state index contributed by atoms with van der Waals surface area (Å²) >= 11 is 1.12. The number of thiazole rings is 1. The van der Waals surface area contributed by atoms with Crippen molar-refractivity contribution in [2.45, 2.75) is 6.30 Å². The van der Waals surface area contributed by atoms with E-state index in [-0.39, 0.29) is 32.6 Å². The molecule has 0 bridgehead atoms. The van der Waals surface area contributed by atoms with Gasteiger partial charge in [0.15, 0.2) is 17.2 Å². The lowest BCUT2D eigenvalue weighted by atomic mass is 10.0. The van der Waals surface area contributed by atoms with Crippen LogP contribution in [0.5, 0.6) is 0 Å². The van der Waals surface area contributed by atoms with Gasteiger partial charge in [-0.15, -0.1) is 24.5 Å². The molecular formula is C26H13F3N2O2S.